The van der Waals surface area contributed by atoms with Gasteiger partial charge in [0.05, 0.1) is 11.5 Å². The van der Waals surface area contributed by atoms with Gasteiger partial charge in [-0.2, -0.15) is 11.8 Å². The summed E-state index contributed by atoms with van der Waals surface area (Å²) in [7, 11) is 0. The summed E-state index contributed by atoms with van der Waals surface area (Å²) in [5, 5.41) is 22.4. The number of aliphatic hydroxyl groups is 1. The van der Waals surface area contributed by atoms with Gasteiger partial charge >= 0.3 is 0 Å². The van der Waals surface area contributed by atoms with Crippen molar-refractivity contribution in [2.24, 2.45) is 0 Å². The van der Waals surface area contributed by atoms with E-state index in [-0.39, 0.29) is 35.1 Å². The number of hydrogen-bond donors (Lipinski definition) is 2. The molecule has 0 radical (unpaired) electrons. The Labute approximate surface area is 115 Å². The zero-order valence-corrected chi connectivity index (χ0v) is 11.5. The number of non-ortho nitro benzene ring substituents is 1. The van der Waals surface area contributed by atoms with Gasteiger partial charge in [0, 0.05) is 29.0 Å². The number of hydrogen-bond acceptors (Lipinski definition) is 5. The highest BCUT2D eigenvalue weighted by Gasteiger charge is 2.19. The number of nitrogens with one attached hydrogen (secondary N) is 1. The standard InChI is InChI=1S/C12H16N2O4S/c1-8(11(7-15)19-2)13-12(16)9-4-3-5-10(6-9)14(17)18/h3-6,8,11,15H,7H2,1-2H3,(H,13,16). The van der Waals surface area contributed by atoms with Gasteiger partial charge in [-0.05, 0) is 19.2 Å². The van der Waals surface area contributed by atoms with Crippen molar-refractivity contribution in [2.45, 2.75) is 18.2 Å². The number of aliphatic hydroxyl groups excluding tert-OH is 1. The minimum atomic E-state index is -0.543. The predicted octanol–water partition coefficient (Wildman–Crippen LogP) is 1.44. The Kier molecular flexibility index (Phi) is 5.78. The summed E-state index contributed by atoms with van der Waals surface area (Å²) >= 11 is 1.45. The van der Waals surface area contributed by atoms with Gasteiger partial charge in [0.15, 0.2) is 0 Å². The Hall–Kier alpha value is -1.60. The fraction of sp³-hybridized carbons (Fsp3) is 0.417. The molecule has 1 aromatic carbocycles. The molecule has 0 aromatic heterocycles. The minimum Gasteiger partial charge on any atom is -0.395 e. The Morgan fingerprint density at radius 3 is 2.79 bits per heavy atom. The van der Waals surface area contributed by atoms with Crippen LogP contribution >= 0.6 is 11.8 Å². The van der Waals surface area contributed by atoms with Crippen LogP contribution in [0.15, 0.2) is 24.3 Å². The molecule has 0 aliphatic heterocycles. The van der Waals surface area contributed by atoms with Crippen molar-refractivity contribution in [2.75, 3.05) is 12.9 Å². The average molecular weight is 284 g/mol. The van der Waals surface area contributed by atoms with Crippen molar-refractivity contribution in [1.82, 2.24) is 5.32 Å². The van der Waals surface area contributed by atoms with Crippen LogP contribution < -0.4 is 5.32 Å². The maximum absolute atomic E-state index is 11.9. The second-order valence-electron chi connectivity index (χ2n) is 4.03. The van der Waals surface area contributed by atoms with E-state index in [0.717, 1.165) is 0 Å². The molecule has 2 atom stereocenters. The van der Waals surface area contributed by atoms with Crippen molar-refractivity contribution < 1.29 is 14.8 Å². The largest absolute Gasteiger partial charge is 0.395 e. The molecule has 1 aromatic rings. The minimum absolute atomic E-state index is 0.0441. The molecule has 1 amide bonds. The van der Waals surface area contributed by atoms with E-state index in [2.05, 4.69) is 5.32 Å². The van der Waals surface area contributed by atoms with Crippen LogP contribution in [-0.2, 0) is 0 Å². The van der Waals surface area contributed by atoms with E-state index in [1.54, 1.807) is 6.92 Å². The van der Waals surface area contributed by atoms with Crippen molar-refractivity contribution in [3.63, 3.8) is 0 Å². The van der Waals surface area contributed by atoms with Crippen LogP contribution in [0.3, 0.4) is 0 Å². The molecule has 1 rings (SSSR count). The highest BCUT2D eigenvalue weighted by atomic mass is 32.2. The molecule has 7 heteroatoms. The number of nitro benzene ring substituents is 1. The number of nitro groups is 1. The Morgan fingerprint density at radius 2 is 2.26 bits per heavy atom. The van der Waals surface area contributed by atoms with Crippen LogP contribution in [0.2, 0.25) is 0 Å². The second-order valence-corrected chi connectivity index (χ2v) is 5.10. The summed E-state index contributed by atoms with van der Waals surface area (Å²) in [6.07, 6.45) is 1.84. The van der Waals surface area contributed by atoms with Gasteiger partial charge in [-0.1, -0.05) is 6.07 Å². The average Bonchev–Trinajstić information content (AvgIpc) is 2.40. The quantitative estimate of drug-likeness (QED) is 0.609. The van der Waals surface area contributed by atoms with Gasteiger partial charge in [0.25, 0.3) is 11.6 Å². The lowest BCUT2D eigenvalue weighted by molar-refractivity contribution is -0.384. The summed E-state index contributed by atoms with van der Waals surface area (Å²) in [6, 6.07) is 5.32. The molecule has 0 aliphatic carbocycles. The molecule has 0 fully saturated rings. The SMILES string of the molecule is CSC(CO)C(C)NC(=O)c1cccc([N+](=O)[O-])c1. The summed E-state index contributed by atoms with van der Waals surface area (Å²) < 4.78 is 0. The van der Waals surface area contributed by atoms with Gasteiger partial charge in [-0.3, -0.25) is 14.9 Å². The van der Waals surface area contributed by atoms with Crippen LogP contribution in [0, 0.1) is 10.1 Å². The number of rotatable bonds is 6. The molecule has 0 aliphatic rings. The van der Waals surface area contributed by atoms with Gasteiger partial charge < -0.3 is 10.4 Å². The van der Waals surface area contributed by atoms with E-state index in [1.165, 1.54) is 36.0 Å². The first-order chi connectivity index (χ1) is 8.99. The Bertz CT molecular complexity index is 463. The molecule has 0 spiro atoms. The zero-order valence-electron chi connectivity index (χ0n) is 10.7. The zero-order chi connectivity index (χ0) is 14.4. The molecular formula is C12H16N2O4S. The van der Waals surface area contributed by atoms with E-state index < -0.39 is 4.92 Å². The molecule has 6 nitrogen and oxygen atoms in total. The van der Waals surface area contributed by atoms with Crippen LogP contribution in [0.25, 0.3) is 0 Å². The fourth-order valence-corrected chi connectivity index (χ4v) is 2.21. The molecule has 2 unspecified atom stereocenters. The maximum Gasteiger partial charge on any atom is 0.270 e. The van der Waals surface area contributed by atoms with Crippen LogP contribution in [0.4, 0.5) is 5.69 Å². The number of benzene rings is 1. The summed E-state index contributed by atoms with van der Waals surface area (Å²) in [5.41, 5.74) is 0.114. The third-order valence-electron chi connectivity index (χ3n) is 2.72. The highest BCUT2D eigenvalue weighted by molar-refractivity contribution is 7.99. The van der Waals surface area contributed by atoms with E-state index in [4.69, 9.17) is 5.11 Å². The maximum atomic E-state index is 11.9. The summed E-state index contributed by atoms with van der Waals surface area (Å²) in [6.45, 7) is 1.74. The van der Waals surface area contributed by atoms with Crippen molar-refractivity contribution in [3.8, 4) is 0 Å². The molecule has 104 valence electrons. The number of thioether (sulfide) groups is 1. The number of amides is 1. The van der Waals surface area contributed by atoms with Gasteiger partial charge in [0.2, 0.25) is 0 Å². The smallest absolute Gasteiger partial charge is 0.270 e. The van der Waals surface area contributed by atoms with Crippen molar-refractivity contribution in [1.29, 1.82) is 0 Å². The van der Waals surface area contributed by atoms with E-state index in [9.17, 15) is 14.9 Å². The molecular weight excluding hydrogens is 268 g/mol. The van der Waals surface area contributed by atoms with E-state index in [0.29, 0.717) is 0 Å². The van der Waals surface area contributed by atoms with Crippen molar-refractivity contribution >= 4 is 23.4 Å². The Morgan fingerprint density at radius 1 is 1.58 bits per heavy atom. The number of carbonyl (C=O) groups is 1. The van der Waals surface area contributed by atoms with Crippen LogP contribution in [0.5, 0.6) is 0 Å². The monoisotopic (exact) mass is 284 g/mol. The molecule has 19 heavy (non-hydrogen) atoms. The topological polar surface area (TPSA) is 92.5 Å². The number of nitrogens with zero attached hydrogens (tertiary/aromatic N) is 1. The van der Waals surface area contributed by atoms with Crippen LogP contribution in [0.1, 0.15) is 17.3 Å². The summed E-state index contributed by atoms with van der Waals surface area (Å²) in [5.74, 6) is -0.385. The molecule has 0 saturated carbocycles. The third-order valence-corrected chi connectivity index (χ3v) is 3.88. The lowest BCUT2D eigenvalue weighted by Crippen LogP contribution is -2.41. The van der Waals surface area contributed by atoms with E-state index in [1.807, 2.05) is 6.26 Å². The van der Waals surface area contributed by atoms with Gasteiger partial charge in [-0.25, -0.2) is 0 Å². The second kappa shape index (κ2) is 7.10. The fourth-order valence-electron chi connectivity index (χ4n) is 1.58. The van der Waals surface area contributed by atoms with Gasteiger partial charge in [0.1, 0.15) is 0 Å². The first kappa shape index (κ1) is 15.5. The lowest BCUT2D eigenvalue weighted by atomic mass is 10.1. The van der Waals surface area contributed by atoms with E-state index >= 15 is 0 Å². The first-order valence-electron chi connectivity index (χ1n) is 5.68. The highest BCUT2D eigenvalue weighted by Crippen LogP contribution is 2.14. The molecule has 2 N–H and O–H groups in total. The molecule has 0 heterocycles. The van der Waals surface area contributed by atoms with Crippen LogP contribution in [-0.4, -0.2) is 40.1 Å². The third kappa shape index (κ3) is 4.22. The lowest BCUT2D eigenvalue weighted by Gasteiger charge is -2.21. The molecule has 0 bridgehead atoms. The number of carbonyl (C=O) groups excluding carboxylic acids is 1. The molecule has 0 saturated heterocycles. The van der Waals surface area contributed by atoms with Gasteiger partial charge in [-0.15, -0.1) is 0 Å². The van der Waals surface area contributed by atoms with Crippen molar-refractivity contribution in [3.05, 3.63) is 39.9 Å². The normalized spacial score (nSPS) is 13.6. The Balaban J connectivity index is 2.78. The first-order valence-corrected chi connectivity index (χ1v) is 6.97. The predicted molar refractivity (Wildman–Crippen MR) is 74.4 cm³/mol. The summed E-state index contributed by atoms with van der Waals surface area (Å²) in [4.78, 5) is 22.0.